The minimum Gasteiger partial charge on any atom is -0.338 e. The highest BCUT2D eigenvalue weighted by molar-refractivity contribution is 7.10. The predicted octanol–water partition coefficient (Wildman–Crippen LogP) is 4.80. The third kappa shape index (κ3) is 2.09. The van der Waals surface area contributed by atoms with Gasteiger partial charge in [-0.05, 0) is 29.6 Å². The molecule has 0 bridgehead atoms. The zero-order chi connectivity index (χ0) is 15.3. The molecule has 22 heavy (non-hydrogen) atoms. The average molecular weight is 321 g/mol. The Kier molecular flexibility index (Phi) is 2.80. The van der Waals surface area contributed by atoms with Crippen molar-refractivity contribution in [2.45, 2.75) is 12.6 Å². The van der Waals surface area contributed by atoms with E-state index in [4.69, 9.17) is 0 Å². The minimum absolute atomic E-state index is 0.374. The molecule has 0 radical (unpaired) electrons. The number of halogens is 3. The summed E-state index contributed by atoms with van der Waals surface area (Å²) in [7, 11) is 0. The Morgan fingerprint density at radius 1 is 1.23 bits per heavy atom. The van der Waals surface area contributed by atoms with Crippen molar-refractivity contribution in [1.29, 1.82) is 0 Å². The van der Waals surface area contributed by atoms with Crippen molar-refractivity contribution < 1.29 is 13.2 Å². The standard InChI is InChI=1S/C15H10F3N3S/c16-15(17,18)8-2-1-3-9(6-8)19-14-11-7-12-10(4-5-22-12)13(11)20-21-14/h1-6H,7H2,(H2,19,20,21). The van der Waals surface area contributed by atoms with Gasteiger partial charge >= 0.3 is 6.18 Å². The number of hydrogen-bond donors (Lipinski definition) is 2. The summed E-state index contributed by atoms with van der Waals surface area (Å²) >= 11 is 1.67. The molecule has 0 saturated heterocycles. The van der Waals surface area contributed by atoms with Crippen LogP contribution < -0.4 is 5.32 Å². The van der Waals surface area contributed by atoms with Crippen molar-refractivity contribution in [3.63, 3.8) is 0 Å². The summed E-state index contributed by atoms with van der Waals surface area (Å²) in [6.07, 6.45) is -3.60. The van der Waals surface area contributed by atoms with E-state index < -0.39 is 11.7 Å². The number of nitrogens with one attached hydrogen (secondary N) is 2. The molecule has 2 N–H and O–H groups in total. The maximum Gasteiger partial charge on any atom is 0.416 e. The van der Waals surface area contributed by atoms with E-state index in [1.54, 1.807) is 17.4 Å². The number of hydrogen-bond acceptors (Lipinski definition) is 3. The van der Waals surface area contributed by atoms with Crippen molar-refractivity contribution in [3.8, 4) is 11.3 Å². The number of aromatic nitrogens is 2. The number of alkyl halides is 3. The quantitative estimate of drug-likeness (QED) is 0.556. The zero-order valence-electron chi connectivity index (χ0n) is 11.2. The van der Waals surface area contributed by atoms with Gasteiger partial charge in [0.15, 0.2) is 5.82 Å². The van der Waals surface area contributed by atoms with Gasteiger partial charge in [-0.2, -0.15) is 18.3 Å². The van der Waals surface area contributed by atoms with E-state index in [9.17, 15) is 13.2 Å². The molecule has 0 amide bonds. The smallest absolute Gasteiger partial charge is 0.338 e. The predicted molar refractivity (Wildman–Crippen MR) is 79.4 cm³/mol. The molecule has 4 rings (SSSR count). The van der Waals surface area contributed by atoms with Crippen LogP contribution in [0.4, 0.5) is 24.7 Å². The summed E-state index contributed by atoms with van der Waals surface area (Å²) < 4.78 is 38.3. The minimum atomic E-state index is -4.35. The van der Waals surface area contributed by atoms with Gasteiger partial charge in [0.25, 0.3) is 0 Å². The maximum absolute atomic E-state index is 12.8. The molecule has 0 spiro atoms. The first kappa shape index (κ1) is 13.4. The molecule has 0 saturated carbocycles. The molecule has 1 aliphatic carbocycles. The van der Waals surface area contributed by atoms with Crippen LogP contribution in [0.5, 0.6) is 0 Å². The number of thiophene rings is 1. The molecule has 112 valence electrons. The fourth-order valence-electron chi connectivity index (χ4n) is 2.63. The Labute approximate surface area is 127 Å². The lowest BCUT2D eigenvalue weighted by Crippen LogP contribution is -2.05. The lowest BCUT2D eigenvalue weighted by atomic mass is 10.2. The second-order valence-corrected chi connectivity index (χ2v) is 6.06. The zero-order valence-corrected chi connectivity index (χ0v) is 12.0. The SMILES string of the molecule is FC(F)(F)c1cccc(Nc2n[nH]c3c2Cc2sccc2-3)c1. The van der Waals surface area contributed by atoms with Gasteiger partial charge < -0.3 is 5.32 Å². The van der Waals surface area contributed by atoms with Gasteiger partial charge in [-0.3, -0.25) is 5.10 Å². The fourth-order valence-corrected chi connectivity index (χ4v) is 3.53. The van der Waals surface area contributed by atoms with Gasteiger partial charge in [-0.25, -0.2) is 0 Å². The molecule has 1 aliphatic rings. The number of aromatic amines is 1. The normalized spacial score (nSPS) is 13.0. The first-order valence-electron chi connectivity index (χ1n) is 6.60. The summed E-state index contributed by atoms with van der Waals surface area (Å²) in [5, 5.41) is 12.2. The summed E-state index contributed by atoms with van der Waals surface area (Å²) in [4.78, 5) is 1.25. The van der Waals surface area contributed by atoms with Gasteiger partial charge in [0, 0.05) is 28.1 Å². The number of anilines is 2. The fraction of sp³-hybridized carbons (Fsp3) is 0.133. The maximum atomic E-state index is 12.8. The van der Waals surface area contributed by atoms with Gasteiger partial charge in [-0.1, -0.05) is 6.07 Å². The van der Waals surface area contributed by atoms with Gasteiger partial charge in [-0.15, -0.1) is 11.3 Å². The van der Waals surface area contributed by atoms with Crippen molar-refractivity contribution in [3.05, 3.63) is 51.7 Å². The summed E-state index contributed by atoms with van der Waals surface area (Å²) in [6.45, 7) is 0. The lowest BCUT2D eigenvalue weighted by Gasteiger charge is -2.09. The molecule has 3 nitrogen and oxygen atoms in total. The highest BCUT2D eigenvalue weighted by Gasteiger charge is 2.31. The van der Waals surface area contributed by atoms with E-state index in [1.165, 1.54) is 10.9 Å². The van der Waals surface area contributed by atoms with Crippen molar-refractivity contribution in [2.75, 3.05) is 5.32 Å². The van der Waals surface area contributed by atoms with Gasteiger partial charge in [0.2, 0.25) is 0 Å². The van der Waals surface area contributed by atoms with Crippen molar-refractivity contribution in [2.24, 2.45) is 0 Å². The topological polar surface area (TPSA) is 40.7 Å². The first-order chi connectivity index (χ1) is 10.5. The van der Waals surface area contributed by atoms with Crippen LogP contribution in [0, 0.1) is 0 Å². The number of H-pyrrole nitrogens is 1. The summed E-state index contributed by atoms with van der Waals surface area (Å²) in [5.41, 5.74) is 2.78. The molecule has 2 aromatic heterocycles. The second kappa shape index (κ2) is 4.61. The molecule has 7 heteroatoms. The van der Waals surface area contributed by atoms with Crippen molar-refractivity contribution >= 4 is 22.8 Å². The number of fused-ring (bicyclic) bond motifs is 3. The van der Waals surface area contributed by atoms with Crippen LogP contribution in [0.25, 0.3) is 11.3 Å². The highest BCUT2D eigenvalue weighted by Crippen LogP contribution is 2.42. The van der Waals surface area contributed by atoms with Crippen molar-refractivity contribution in [1.82, 2.24) is 10.2 Å². The van der Waals surface area contributed by atoms with E-state index in [1.807, 2.05) is 11.4 Å². The summed E-state index contributed by atoms with van der Waals surface area (Å²) in [5.74, 6) is 0.581. The number of nitrogens with zero attached hydrogens (tertiary/aromatic N) is 1. The van der Waals surface area contributed by atoms with E-state index in [0.29, 0.717) is 11.5 Å². The van der Waals surface area contributed by atoms with Crippen LogP contribution in [0.3, 0.4) is 0 Å². The van der Waals surface area contributed by atoms with Crippen LogP contribution in [-0.2, 0) is 12.6 Å². The van der Waals surface area contributed by atoms with Crippen LogP contribution >= 0.6 is 11.3 Å². The monoisotopic (exact) mass is 321 g/mol. The van der Waals surface area contributed by atoms with E-state index in [0.717, 1.165) is 35.4 Å². The number of benzene rings is 1. The van der Waals surface area contributed by atoms with Crippen LogP contribution in [-0.4, -0.2) is 10.2 Å². The van der Waals surface area contributed by atoms with E-state index in [2.05, 4.69) is 15.5 Å². The first-order valence-corrected chi connectivity index (χ1v) is 7.48. The molecule has 1 aromatic carbocycles. The molecule has 0 fully saturated rings. The molecule has 3 aromatic rings. The Bertz CT molecular complexity index is 848. The lowest BCUT2D eigenvalue weighted by molar-refractivity contribution is -0.137. The molecular formula is C15H10F3N3S. The van der Waals surface area contributed by atoms with E-state index >= 15 is 0 Å². The largest absolute Gasteiger partial charge is 0.416 e. The Hall–Kier alpha value is -2.28. The molecule has 0 atom stereocenters. The Balaban J connectivity index is 1.66. The van der Waals surface area contributed by atoms with E-state index in [-0.39, 0.29) is 0 Å². The second-order valence-electron chi connectivity index (χ2n) is 5.06. The number of rotatable bonds is 2. The van der Waals surface area contributed by atoms with Crippen LogP contribution in [0.1, 0.15) is 16.0 Å². The molecular weight excluding hydrogens is 311 g/mol. The summed E-state index contributed by atoms with van der Waals surface area (Å²) in [6, 6.07) is 7.15. The molecule has 0 aliphatic heterocycles. The van der Waals surface area contributed by atoms with Crippen LogP contribution in [0.15, 0.2) is 35.7 Å². The Morgan fingerprint density at radius 3 is 2.91 bits per heavy atom. The molecule has 2 heterocycles. The molecule has 0 unspecified atom stereocenters. The Morgan fingerprint density at radius 2 is 2.09 bits per heavy atom. The average Bonchev–Trinajstić information content (AvgIpc) is 3.12. The highest BCUT2D eigenvalue weighted by atomic mass is 32.1. The third-order valence-electron chi connectivity index (χ3n) is 3.67. The van der Waals surface area contributed by atoms with Gasteiger partial charge in [0.05, 0.1) is 11.3 Å². The third-order valence-corrected chi connectivity index (χ3v) is 4.59. The van der Waals surface area contributed by atoms with Crippen LogP contribution in [0.2, 0.25) is 0 Å². The van der Waals surface area contributed by atoms with Gasteiger partial charge in [0.1, 0.15) is 0 Å².